The van der Waals surface area contributed by atoms with Crippen LogP contribution in [0.3, 0.4) is 0 Å². The van der Waals surface area contributed by atoms with E-state index in [1.165, 1.54) is 0 Å². The summed E-state index contributed by atoms with van der Waals surface area (Å²) in [5.41, 5.74) is 0. The molecule has 2 unspecified atom stereocenters. The highest BCUT2D eigenvalue weighted by Crippen LogP contribution is 2.07. The monoisotopic (exact) mass is 264 g/mol. The normalized spacial score (nSPS) is 16.5. The molecule has 0 spiro atoms. The fraction of sp³-hybridized carbons (Fsp3) is 1.00. The summed E-state index contributed by atoms with van der Waals surface area (Å²) in [4.78, 5) is 0. The van der Waals surface area contributed by atoms with Crippen molar-refractivity contribution in [2.75, 3.05) is 6.54 Å². The molecule has 0 aliphatic rings. The lowest BCUT2D eigenvalue weighted by molar-refractivity contribution is 0.475. The van der Waals surface area contributed by atoms with Crippen LogP contribution in [0.5, 0.6) is 0 Å². The highest BCUT2D eigenvalue weighted by molar-refractivity contribution is 7.90. The van der Waals surface area contributed by atoms with Crippen LogP contribution in [0, 0.1) is 5.92 Å². The van der Waals surface area contributed by atoms with Crippen molar-refractivity contribution < 1.29 is 8.42 Å². The van der Waals surface area contributed by atoms with Crippen molar-refractivity contribution in [3.05, 3.63) is 0 Å². The quantitative estimate of drug-likeness (QED) is 0.702. The topological polar surface area (TPSA) is 58.2 Å². The molecule has 4 nitrogen and oxygen atoms in total. The lowest BCUT2D eigenvalue weighted by atomic mass is 10.1. The first kappa shape index (κ1) is 16.9. The van der Waals surface area contributed by atoms with E-state index in [-0.39, 0.29) is 6.04 Å². The van der Waals surface area contributed by atoms with Crippen LogP contribution in [0.15, 0.2) is 0 Å². The van der Waals surface area contributed by atoms with E-state index in [9.17, 15) is 8.42 Å². The summed E-state index contributed by atoms with van der Waals surface area (Å²) in [5, 5.41) is 2.74. The van der Waals surface area contributed by atoms with E-state index < -0.39 is 15.3 Å². The first-order valence-corrected chi connectivity index (χ1v) is 7.94. The molecule has 0 aliphatic carbocycles. The van der Waals surface area contributed by atoms with Crippen molar-refractivity contribution in [1.82, 2.24) is 10.0 Å². The van der Waals surface area contributed by atoms with Crippen LogP contribution in [0.2, 0.25) is 0 Å². The summed E-state index contributed by atoms with van der Waals surface area (Å²) in [6, 6.07) is 0.308. The van der Waals surface area contributed by atoms with Gasteiger partial charge in [-0.1, -0.05) is 27.7 Å². The Balaban J connectivity index is 4.26. The molecule has 17 heavy (non-hydrogen) atoms. The first-order chi connectivity index (χ1) is 7.65. The molecule has 0 saturated heterocycles. The number of hydrogen-bond donors (Lipinski definition) is 2. The summed E-state index contributed by atoms with van der Waals surface area (Å²) in [5.74, 6) is 0.497. The second-order valence-electron chi connectivity index (χ2n) is 5.57. The molecule has 0 radical (unpaired) electrons. The molecule has 0 amide bonds. The molecule has 0 bridgehead atoms. The largest absolute Gasteiger partial charge is 0.313 e. The van der Waals surface area contributed by atoms with Crippen LogP contribution in [-0.4, -0.2) is 32.3 Å². The average Bonchev–Trinajstić information content (AvgIpc) is 2.11. The minimum absolute atomic E-state index is 0.00139. The molecule has 0 aliphatic heterocycles. The molecule has 0 rings (SSSR count). The van der Waals surface area contributed by atoms with Gasteiger partial charge in [-0.05, 0) is 26.2 Å². The van der Waals surface area contributed by atoms with E-state index >= 15 is 0 Å². The lowest BCUT2D eigenvalue weighted by Crippen LogP contribution is -2.44. The van der Waals surface area contributed by atoms with E-state index in [1.807, 2.05) is 20.8 Å². The second kappa shape index (κ2) is 7.34. The fourth-order valence-corrected chi connectivity index (χ4v) is 2.87. The number of hydrogen-bond acceptors (Lipinski definition) is 3. The maximum atomic E-state index is 12.0. The van der Waals surface area contributed by atoms with Crippen molar-refractivity contribution >= 4 is 10.0 Å². The lowest BCUT2D eigenvalue weighted by Gasteiger charge is -2.20. The van der Waals surface area contributed by atoms with Crippen molar-refractivity contribution in [3.63, 3.8) is 0 Å². The summed E-state index contributed by atoms with van der Waals surface area (Å²) < 4.78 is 26.7. The predicted molar refractivity (Wildman–Crippen MR) is 73.6 cm³/mol. The van der Waals surface area contributed by atoms with Gasteiger partial charge < -0.3 is 5.32 Å². The molecule has 0 fully saturated rings. The van der Waals surface area contributed by atoms with Crippen LogP contribution >= 0.6 is 0 Å². The van der Waals surface area contributed by atoms with Gasteiger partial charge in [0, 0.05) is 18.6 Å². The second-order valence-corrected chi connectivity index (χ2v) is 7.70. The molecule has 0 saturated carbocycles. The first-order valence-electron chi connectivity index (χ1n) is 6.39. The molecular formula is C12H28N2O2S. The van der Waals surface area contributed by atoms with Gasteiger partial charge in [0.25, 0.3) is 0 Å². The zero-order valence-corrected chi connectivity index (χ0v) is 12.8. The standard InChI is InChI=1S/C12H28N2O2S/c1-9(2)7-11(5)14-17(15,16)12(6)8-13-10(3)4/h9-14H,7-8H2,1-6H3. The van der Waals surface area contributed by atoms with E-state index in [4.69, 9.17) is 0 Å². The molecule has 0 aromatic carbocycles. The number of nitrogens with one attached hydrogen (secondary N) is 2. The average molecular weight is 264 g/mol. The van der Waals surface area contributed by atoms with E-state index in [2.05, 4.69) is 23.9 Å². The summed E-state index contributed by atoms with van der Waals surface area (Å²) >= 11 is 0. The van der Waals surface area contributed by atoms with Crippen LogP contribution in [-0.2, 0) is 10.0 Å². The molecule has 2 atom stereocenters. The van der Waals surface area contributed by atoms with Gasteiger partial charge in [-0.2, -0.15) is 0 Å². The number of sulfonamides is 1. The molecular weight excluding hydrogens is 236 g/mol. The maximum Gasteiger partial charge on any atom is 0.215 e. The fourth-order valence-electron chi connectivity index (χ4n) is 1.66. The molecule has 2 N–H and O–H groups in total. The zero-order chi connectivity index (χ0) is 13.6. The van der Waals surface area contributed by atoms with Crippen LogP contribution in [0.1, 0.15) is 48.0 Å². The van der Waals surface area contributed by atoms with Gasteiger partial charge in [0.2, 0.25) is 10.0 Å². The third-order valence-electron chi connectivity index (χ3n) is 2.53. The van der Waals surface area contributed by atoms with Crippen molar-refractivity contribution in [1.29, 1.82) is 0 Å². The summed E-state index contributed by atoms with van der Waals surface area (Å²) in [6.07, 6.45) is 0.865. The molecule has 0 heterocycles. The smallest absolute Gasteiger partial charge is 0.215 e. The van der Waals surface area contributed by atoms with Gasteiger partial charge in [-0.15, -0.1) is 0 Å². The minimum Gasteiger partial charge on any atom is -0.313 e. The van der Waals surface area contributed by atoms with Gasteiger partial charge in [0.1, 0.15) is 0 Å². The molecule has 5 heteroatoms. The zero-order valence-electron chi connectivity index (χ0n) is 11.9. The summed E-state index contributed by atoms with van der Waals surface area (Å²) in [7, 11) is -3.21. The highest BCUT2D eigenvalue weighted by atomic mass is 32.2. The Hall–Kier alpha value is -0.130. The molecule has 0 aromatic rings. The van der Waals surface area contributed by atoms with Crippen LogP contribution in [0.4, 0.5) is 0 Å². The summed E-state index contributed by atoms with van der Waals surface area (Å²) in [6.45, 7) is 12.3. The van der Waals surface area contributed by atoms with Gasteiger partial charge in [-0.25, -0.2) is 13.1 Å². The SMILES string of the molecule is CC(C)CC(C)NS(=O)(=O)C(C)CNC(C)C. The van der Waals surface area contributed by atoms with E-state index in [0.717, 1.165) is 6.42 Å². The van der Waals surface area contributed by atoms with E-state index in [0.29, 0.717) is 18.5 Å². The van der Waals surface area contributed by atoms with Gasteiger partial charge in [0.05, 0.1) is 5.25 Å². The van der Waals surface area contributed by atoms with Gasteiger partial charge in [-0.3, -0.25) is 0 Å². The van der Waals surface area contributed by atoms with Gasteiger partial charge in [0.15, 0.2) is 0 Å². The van der Waals surface area contributed by atoms with Crippen LogP contribution < -0.4 is 10.0 Å². The predicted octanol–water partition coefficient (Wildman–Crippen LogP) is 1.73. The van der Waals surface area contributed by atoms with Crippen molar-refractivity contribution in [2.24, 2.45) is 5.92 Å². The Labute approximate surface area is 107 Å². The van der Waals surface area contributed by atoms with E-state index in [1.54, 1.807) is 6.92 Å². The van der Waals surface area contributed by atoms with Crippen molar-refractivity contribution in [2.45, 2.75) is 65.3 Å². The van der Waals surface area contributed by atoms with Gasteiger partial charge >= 0.3 is 0 Å². The minimum atomic E-state index is -3.21. The Morgan fingerprint density at radius 3 is 1.94 bits per heavy atom. The molecule has 104 valence electrons. The van der Waals surface area contributed by atoms with Crippen molar-refractivity contribution in [3.8, 4) is 0 Å². The third-order valence-corrected chi connectivity index (χ3v) is 4.49. The Kier molecular flexibility index (Phi) is 7.28. The number of rotatable bonds is 8. The Bertz CT molecular complexity index is 300. The Morgan fingerprint density at radius 1 is 1.00 bits per heavy atom. The highest BCUT2D eigenvalue weighted by Gasteiger charge is 2.22. The maximum absolute atomic E-state index is 12.0. The molecule has 0 aromatic heterocycles. The Morgan fingerprint density at radius 2 is 1.53 bits per heavy atom. The third kappa shape index (κ3) is 7.73. The van der Waals surface area contributed by atoms with Crippen LogP contribution in [0.25, 0.3) is 0 Å².